The van der Waals surface area contributed by atoms with Crippen LogP contribution in [0.1, 0.15) is 39.5 Å². The molecule has 1 unspecified atom stereocenters. The number of hydrogen-bond acceptors (Lipinski definition) is 10. The molecule has 39 heavy (non-hydrogen) atoms. The fraction of sp³-hybridized carbons (Fsp3) is 0.185. The number of amides is 1. The Morgan fingerprint density at radius 1 is 1.26 bits per heavy atom. The first-order chi connectivity index (χ1) is 18.7. The molecular weight excluding hydrogens is 526 g/mol. The van der Waals surface area contributed by atoms with E-state index in [1.807, 2.05) is 0 Å². The van der Waals surface area contributed by atoms with Crippen LogP contribution < -0.4 is 9.64 Å². The van der Waals surface area contributed by atoms with Crippen LogP contribution in [0.15, 0.2) is 66.8 Å². The van der Waals surface area contributed by atoms with E-state index in [2.05, 4.69) is 11.6 Å². The second-order valence-corrected chi connectivity index (χ2v) is 9.26. The maximum absolute atomic E-state index is 13.4. The van der Waals surface area contributed by atoms with Gasteiger partial charge in [-0.2, -0.15) is 0 Å². The van der Waals surface area contributed by atoms with Gasteiger partial charge in [0.2, 0.25) is 0 Å². The topological polar surface area (TPSA) is 149 Å². The summed E-state index contributed by atoms with van der Waals surface area (Å²) in [6.45, 7) is 7.16. The number of nitro benzene ring substituents is 1. The van der Waals surface area contributed by atoms with E-state index in [-0.39, 0.29) is 44.7 Å². The number of esters is 1. The fourth-order valence-corrected chi connectivity index (χ4v) is 5.07. The summed E-state index contributed by atoms with van der Waals surface area (Å²) in [6.07, 6.45) is 1.40. The lowest BCUT2D eigenvalue weighted by Crippen LogP contribution is -2.29. The lowest BCUT2D eigenvalue weighted by atomic mass is 9.95. The first-order valence-corrected chi connectivity index (χ1v) is 12.5. The van der Waals surface area contributed by atoms with Crippen molar-refractivity contribution in [1.29, 1.82) is 0 Å². The van der Waals surface area contributed by atoms with E-state index in [4.69, 9.17) is 9.47 Å². The van der Waals surface area contributed by atoms with Crippen LogP contribution in [-0.2, 0) is 14.3 Å². The van der Waals surface area contributed by atoms with Crippen molar-refractivity contribution >= 4 is 45.6 Å². The van der Waals surface area contributed by atoms with Gasteiger partial charge in [0.15, 0.2) is 5.13 Å². The number of aryl methyl sites for hydroxylation is 1. The lowest BCUT2D eigenvalue weighted by Gasteiger charge is -2.23. The number of ketones is 1. The van der Waals surface area contributed by atoms with Gasteiger partial charge in [-0.05, 0) is 31.5 Å². The van der Waals surface area contributed by atoms with Crippen molar-refractivity contribution in [2.75, 3.05) is 18.1 Å². The number of rotatable bonds is 9. The molecule has 11 nitrogen and oxygen atoms in total. The van der Waals surface area contributed by atoms with Crippen LogP contribution in [0.25, 0.3) is 5.76 Å². The Bertz CT molecular complexity index is 1530. The van der Waals surface area contributed by atoms with E-state index in [9.17, 15) is 29.6 Å². The van der Waals surface area contributed by atoms with Crippen molar-refractivity contribution in [2.45, 2.75) is 19.9 Å². The smallest absolute Gasteiger partial charge is 0.350 e. The van der Waals surface area contributed by atoms with E-state index in [0.29, 0.717) is 12.4 Å². The molecule has 12 heteroatoms. The third-order valence-corrected chi connectivity index (χ3v) is 6.91. The van der Waals surface area contributed by atoms with Gasteiger partial charge < -0.3 is 14.6 Å². The number of thiazole rings is 1. The van der Waals surface area contributed by atoms with Crippen molar-refractivity contribution in [3.8, 4) is 5.75 Å². The number of benzene rings is 2. The largest absolute Gasteiger partial charge is 0.507 e. The second kappa shape index (κ2) is 11.3. The number of ether oxygens (including phenoxy) is 2. The molecule has 0 spiro atoms. The van der Waals surface area contributed by atoms with Crippen LogP contribution in [0.4, 0.5) is 10.8 Å². The van der Waals surface area contributed by atoms with Gasteiger partial charge in [-0.1, -0.05) is 48.3 Å². The number of hydrogen-bond donors (Lipinski definition) is 1. The molecule has 1 saturated heterocycles. The minimum Gasteiger partial charge on any atom is -0.507 e. The monoisotopic (exact) mass is 549 g/mol. The number of aliphatic hydroxyl groups excluding tert-OH is 1. The Kier molecular flexibility index (Phi) is 7.86. The number of carbonyl (C=O) groups is 3. The predicted molar refractivity (Wildman–Crippen MR) is 143 cm³/mol. The average molecular weight is 550 g/mol. The van der Waals surface area contributed by atoms with Crippen molar-refractivity contribution in [3.63, 3.8) is 0 Å². The molecule has 3 aromatic rings. The van der Waals surface area contributed by atoms with Crippen LogP contribution in [0.3, 0.4) is 0 Å². The second-order valence-electron chi connectivity index (χ2n) is 8.28. The van der Waals surface area contributed by atoms with Gasteiger partial charge in [-0.25, -0.2) is 9.78 Å². The third-order valence-electron chi connectivity index (χ3n) is 5.77. The highest BCUT2D eigenvalue weighted by Gasteiger charge is 2.48. The summed E-state index contributed by atoms with van der Waals surface area (Å²) in [6, 6.07) is 10.5. The van der Waals surface area contributed by atoms with Gasteiger partial charge in [0.1, 0.15) is 23.0 Å². The van der Waals surface area contributed by atoms with Crippen LogP contribution in [-0.4, -0.2) is 45.9 Å². The van der Waals surface area contributed by atoms with E-state index < -0.39 is 34.4 Å². The average Bonchev–Trinajstić information content (AvgIpc) is 3.43. The van der Waals surface area contributed by atoms with E-state index in [1.165, 1.54) is 42.5 Å². The molecule has 0 bridgehead atoms. The summed E-state index contributed by atoms with van der Waals surface area (Å²) in [5, 5.41) is 22.8. The first kappa shape index (κ1) is 27.2. The lowest BCUT2D eigenvalue weighted by molar-refractivity contribution is -0.384. The highest BCUT2D eigenvalue weighted by molar-refractivity contribution is 7.17. The highest BCUT2D eigenvalue weighted by Crippen LogP contribution is 2.44. The third kappa shape index (κ3) is 5.27. The van der Waals surface area contributed by atoms with Crippen LogP contribution in [0.2, 0.25) is 0 Å². The van der Waals surface area contributed by atoms with Gasteiger partial charge in [0.05, 0.1) is 28.8 Å². The Balaban J connectivity index is 1.91. The number of non-ortho nitro benzene ring substituents is 1. The minimum atomic E-state index is -1.27. The Hall–Kier alpha value is -4.84. The van der Waals surface area contributed by atoms with Crippen molar-refractivity contribution < 1.29 is 33.9 Å². The summed E-state index contributed by atoms with van der Waals surface area (Å²) in [5.41, 5.74) is 0.0827. The van der Waals surface area contributed by atoms with E-state index in [1.54, 1.807) is 26.0 Å². The van der Waals surface area contributed by atoms with Crippen molar-refractivity contribution in [3.05, 3.63) is 98.6 Å². The van der Waals surface area contributed by atoms with Crippen LogP contribution in [0.5, 0.6) is 5.75 Å². The van der Waals surface area contributed by atoms with Crippen LogP contribution in [0, 0.1) is 17.0 Å². The number of anilines is 1. The molecule has 1 aliphatic rings. The van der Waals surface area contributed by atoms with Gasteiger partial charge in [0, 0.05) is 17.7 Å². The summed E-state index contributed by atoms with van der Waals surface area (Å²) in [5.74, 6) is -2.79. The molecule has 200 valence electrons. The molecule has 1 aliphatic heterocycles. The summed E-state index contributed by atoms with van der Waals surface area (Å²) >= 11 is 0.823. The van der Waals surface area contributed by atoms with Crippen LogP contribution >= 0.6 is 11.3 Å². The van der Waals surface area contributed by atoms with Gasteiger partial charge in [0.25, 0.3) is 11.5 Å². The van der Waals surface area contributed by atoms with E-state index >= 15 is 0 Å². The zero-order valence-corrected chi connectivity index (χ0v) is 21.8. The zero-order chi connectivity index (χ0) is 28.3. The quantitative estimate of drug-likeness (QED) is 0.0760. The van der Waals surface area contributed by atoms with E-state index in [0.717, 1.165) is 16.2 Å². The minimum absolute atomic E-state index is 0.0150. The summed E-state index contributed by atoms with van der Waals surface area (Å²) in [7, 11) is 0. The van der Waals surface area contributed by atoms with Gasteiger partial charge in [-0.15, -0.1) is 0 Å². The Morgan fingerprint density at radius 2 is 2.00 bits per heavy atom. The molecule has 0 radical (unpaired) electrons. The molecule has 1 fully saturated rings. The maximum Gasteiger partial charge on any atom is 0.350 e. The van der Waals surface area contributed by atoms with Crippen molar-refractivity contribution in [1.82, 2.24) is 4.98 Å². The molecular formula is C27H23N3O8S. The predicted octanol–water partition coefficient (Wildman–Crippen LogP) is 4.73. The SMILES string of the molecule is C=CCOC(=O)c1sc(N2C(=O)C(=O)C(=C(O)c3cccc(OCC)c3)C2c2cccc([N+](=O)[O-])c2)nc1C. The molecule has 0 aliphatic carbocycles. The summed E-state index contributed by atoms with van der Waals surface area (Å²) < 4.78 is 10.6. The standard InChI is InChI=1S/C27H23N3O8S/c1-4-12-38-26(34)24-15(3)28-27(39-24)29-21(16-8-6-10-18(13-16)30(35)36)20(23(32)25(29)33)22(31)17-9-7-11-19(14-17)37-5-2/h4,6-11,13-14,21,31H,1,5,12H2,2-3H3. The number of aromatic nitrogens is 1. The first-order valence-electron chi connectivity index (χ1n) is 11.7. The number of carbonyl (C=O) groups excluding carboxylic acids is 3. The number of nitrogens with zero attached hydrogens (tertiary/aromatic N) is 3. The molecule has 1 N–H and O–H groups in total. The molecule has 0 saturated carbocycles. The zero-order valence-electron chi connectivity index (χ0n) is 20.9. The molecule has 2 aromatic carbocycles. The molecule has 2 heterocycles. The van der Waals surface area contributed by atoms with Crippen molar-refractivity contribution in [2.24, 2.45) is 0 Å². The molecule has 4 rings (SSSR count). The highest BCUT2D eigenvalue weighted by atomic mass is 32.1. The molecule has 1 atom stereocenters. The van der Waals surface area contributed by atoms with Gasteiger partial charge in [-0.3, -0.25) is 24.6 Å². The summed E-state index contributed by atoms with van der Waals surface area (Å²) in [4.78, 5) is 55.7. The number of nitro groups is 1. The normalized spacial score (nSPS) is 16.3. The Morgan fingerprint density at radius 3 is 2.69 bits per heavy atom. The number of Topliss-reactive ketones (excluding diaryl/α,β-unsaturated/α-hetero) is 1. The molecule has 1 aromatic heterocycles. The maximum atomic E-state index is 13.4. The number of aliphatic hydroxyl groups is 1. The Labute approximate surface area is 226 Å². The van der Waals surface area contributed by atoms with Gasteiger partial charge >= 0.3 is 11.9 Å². The fourth-order valence-electron chi connectivity index (χ4n) is 4.08. The molecule has 1 amide bonds.